The summed E-state index contributed by atoms with van der Waals surface area (Å²) in [6.45, 7) is 16.2. The van der Waals surface area contributed by atoms with Crippen LogP contribution in [-0.4, -0.2) is 82.3 Å². The van der Waals surface area contributed by atoms with Gasteiger partial charge < -0.3 is 20.1 Å². The summed E-state index contributed by atoms with van der Waals surface area (Å²) in [5, 5.41) is 4.89. The van der Waals surface area contributed by atoms with E-state index in [-0.39, 0.29) is 24.0 Å². The van der Waals surface area contributed by atoms with Gasteiger partial charge in [-0.1, -0.05) is 75.7 Å². The number of fused-ring (bicyclic) bond motifs is 1. The van der Waals surface area contributed by atoms with Crippen molar-refractivity contribution in [1.82, 2.24) is 19.6 Å². The van der Waals surface area contributed by atoms with E-state index in [9.17, 15) is 8.42 Å². The average molecular weight is 709 g/mol. The van der Waals surface area contributed by atoms with Crippen molar-refractivity contribution in [2.75, 3.05) is 43.1 Å². The summed E-state index contributed by atoms with van der Waals surface area (Å²) in [7, 11) is -5.66. The Bertz CT molecular complexity index is 1740. The van der Waals surface area contributed by atoms with E-state index in [4.69, 9.17) is 30.3 Å². The normalized spacial score (nSPS) is 15.6. The maximum absolute atomic E-state index is 12.4. The van der Waals surface area contributed by atoms with Crippen LogP contribution in [0.3, 0.4) is 0 Å². The summed E-state index contributed by atoms with van der Waals surface area (Å²) < 4.78 is 39.4. The number of aromatic nitrogens is 4. The zero-order valence-corrected chi connectivity index (χ0v) is 32.2. The zero-order chi connectivity index (χ0) is 34.5. The monoisotopic (exact) mass is 708 g/mol. The van der Waals surface area contributed by atoms with Gasteiger partial charge in [0.2, 0.25) is 0 Å². The van der Waals surface area contributed by atoms with Crippen molar-refractivity contribution >= 4 is 37.5 Å². The molecule has 0 saturated carbocycles. The van der Waals surface area contributed by atoms with E-state index >= 15 is 0 Å². The molecule has 10 nitrogen and oxygen atoms in total. The fraction of sp³-hybridized carbons (Fsp3) is 0.514. The zero-order valence-electron chi connectivity index (χ0n) is 29.4. The lowest BCUT2D eigenvalue weighted by Gasteiger charge is -2.31. The van der Waals surface area contributed by atoms with Crippen molar-refractivity contribution in [3.8, 4) is 22.4 Å². The first-order valence-corrected chi connectivity index (χ1v) is 26.2. The van der Waals surface area contributed by atoms with Crippen LogP contribution in [0.15, 0.2) is 54.9 Å². The molecule has 1 fully saturated rings. The Labute approximate surface area is 288 Å². The fourth-order valence-electron chi connectivity index (χ4n) is 5.85. The van der Waals surface area contributed by atoms with Gasteiger partial charge in [-0.2, -0.15) is 9.61 Å². The molecule has 4 aromatic rings. The molecule has 4 heterocycles. The van der Waals surface area contributed by atoms with Gasteiger partial charge in [-0.3, -0.25) is 4.98 Å². The minimum absolute atomic E-state index is 0.0420. The quantitative estimate of drug-likeness (QED) is 0.0822. The number of anilines is 1. The lowest BCUT2D eigenvalue weighted by molar-refractivity contribution is 0.0940. The number of hydrogen-bond donors (Lipinski definition) is 1. The van der Waals surface area contributed by atoms with E-state index in [1.807, 2.05) is 59.4 Å². The summed E-state index contributed by atoms with van der Waals surface area (Å²) in [5.41, 5.74) is 12.6. The third kappa shape index (κ3) is 9.39. The molecule has 0 unspecified atom stereocenters. The Morgan fingerprint density at radius 2 is 1.50 bits per heavy atom. The number of pyridine rings is 1. The van der Waals surface area contributed by atoms with Crippen LogP contribution in [0.5, 0.6) is 0 Å². The Balaban J connectivity index is 1.59. The van der Waals surface area contributed by atoms with Crippen molar-refractivity contribution in [3.63, 3.8) is 0 Å². The van der Waals surface area contributed by atoms with Crippen LogP contribution in [0.4, 0.5) is 5.82 Å². The minimum Gasteiger partial charge on any atom is -0.361 e. The molecule has 260 valence electrons. The standard InChI is InChI=1S/C35H52N6O4SSi2/c1-47(2,3)20-16-44-25-40(26-45-17-21-48(4,5)6)35-30(22-36)33(28-14-18-46(42,43)19-15-28)39-34-31(24-38-41(34)35)29-12-13-32(37-23-29)27-10-8-7-9-11-27/h7-13,23-24,28H,14-22,25-26,36H2,1-6H3. The molecule has 0 spiro atoms. The topological polar surface area (TPSA) is 125 Å². The van der Waals surface area contributed by atoms with Crippen LogP contribution in [0.25, 0.3) is 28.0 Å². The van der Waals surface area contributed by atoms with Crippen molar-refractivity contribution in [1.29, 1.82) is 0 Å². The van der Waals surface area contributed by atoms with E-state index in [1.54, 1.807) is 0 Å². The Hall–Kier alpha value is -2.95. The van der Waals surface area contributed by atoms with Gasteiger partial charge in [-0.05, 0) is 31.0 Å². The van der Waals surface area contributed by atoms with Crippen molar-refractivity contribution < 1.29 is 17.9 Å². The molecule has 0 aliphatic carbocycles. The van der Waals surface area contributed by atoms with Crippen molar-refractivity contribution in [2.24, 2.45) is 5.73 Å². The second-order valence-electron chi connectivity index (χ2n) is 15.3. The van der Waals surface area contributed by atoms with Crippen LogP contribution in [0.1, 0.15) is 30.0 Å². The van der Waals surface area contributed by atoms with E-state index in [2.05, 4.69) is 44.2 Å². The molecule has 13 heteroatoms. The lowest BCUT2D eigenvalue weighted by Crippen LogP contribution is -2.35. The number of rotatable bonds is 15. The second-order valence-corrected chi connectivity index (χ2v) is 28.8. The van der Waals surface area contributed by atoms with E-state index < -0.39 is 26.0 Å². The third-order valence-corrected chi connectivity index (χ3v) is 13.9. The molecule has 1 aliphatic heterocycles. The molecular weight excluding hydrogens is 657 g/mol. The molecule has 0 atom stereocenters. The van der Waals surface area contributed by atoms with Gasteiger partial charge in [-0.15, -0.1) is 0 Å². The molecule has 3 aromatic heterocycles. The average Bonchev–Trinajstić information content (AvgIpc) is 3.46. The fourth-order valence-corrected chi connectivity index (χ4v) is 8.86. The predicted molar refractivity (Wildman–Crippen MR) is 201 cm³/mol. The van der Waals surface area contributed by atoms with Crippen LogP contribution < -0.4 is 10.6 Å². The highest BCUT2D eigenvalue weighted by Gasteiger charge is 2.31. The first-order chi connectivity index (χ1) is 22.7. The van der Waals surface area contributed by atoms with Crippen LogP contribution >= 0.6 is 0 Å². The minimum atomic E-state index is -3.06. The van der Waals surface area contributed by atoms with Gasteiger partial charge in [0, 0.05) is 70.3 Å². The number of nitrogens with two attached hydrogens (primary N) is 1. The molecule has 1 aliphatic rings. The molecule has 0 bridgehead atoms. The Kier molecular flexibility index (Phi) is 11.6. The molecule has 48 heavy (non-hydrogen) atoms. The van der Waals surface area contributed by atoms with Crippen molar-refractivity contribution in [2.45, 2.75) is 76.7 Å². The Morgan fingerprint density at radius 1 is 0.875 bits per heavy atom. The van der Waals surface area contributed by atoms with Gasteiger partial charge in [-0.25, -0.2) is 13.4 Å². The molecule has 1 saturated heterocycles. The molecule has 0 amide bonds. The largest absolute Gasteiger partial charge is 0.361 e. The third-order valence-electron chi connectivity index (χ3n) is 8.83. The van der Waals surface area contributed by atoms with Gasteiger partial charge in [0.25, 0.3) is 0 Å². The first kappa shape index (κ1) is 36.3. The highest BCUT2D eigenvalue weighted by Crippen LogP contribution is 2.37. The molecule has 0 radical (unpaired) electrons. The van der Waals surface area contributed by atoms with Gasteiger partial charge in [0.15, 0.2) is 5.65 Å². The number of nitrogens with zero attached hydrogens (tertiary/aromatic N) is 5. The highest BCUT2D eigenvalue weighted by atomic mass is 32.2. The van der Waals surface area contributed by atoms with Crippen LogP contribution in [0.2, 0.25) is 51.4 Å². The molecule has 5 rings (SSSR count). The highest BCUT2D eigenvalue weighted by molar-refractivity contribution is 7.91. The Morgan fingerprint density at radius 3 is 2.04 bits per heavy atom. The molecule has 1 aromatic carbocycles. The summed E-state index contributed by atoms with van der Waals surface area (Å²) in [4.78, 5) is 12.1. The van der Waals surface area contributed by atoms with Crippen LogP contribution in [0, 0.1) is 0 Å². The molecule has 2 N–H and O–H groups in total. The van der Waals surface area contributed by atoms with Gasteiger partial charge >= 0.3 is 0 Å². The predicted octanol–water partition coefficient (Wildman–Crippen LogP) is 6.64. The lowest BCUT2D eigenvalue weighted by atomic mass is 9.94. The smallest absolute Gasteiger partial charge is 0.165 e. The maximum Gasteiger partial charge on any atom is 0.165 e. The summed E-state index contributed by atoms with van der Waals surface area (Å²) in [6, 6.07) is 16.3. The van der Waals surface area contributed by atoms with E-state index in [1.165, 1.54) is 0 Å². The molecular formula is C35H52N6O4SSi2. The summed E-state index contributed by atoms with van der Waals surface area (Å²) in [6.07, 6.45) is 4.71. The summed E-state index contributed by atoms with van der Waals surface area (Å²) >= 11 is 0. The number of ether oxygens (including phenoxy) is 2. The van der Waals surface area contributed by atoms with Gasteiger partial charge in [0.1, 0.15) is 29.1 Å². The number of hydrogen-bond acceptors (Lipinski definition) is 9. The van der Waals surface area contributed by atoms with Crippen LogP contribution in [-0.2, 0) is 25.9 Å². The number of benzene rings is 1. The SMILES string of the molecule is C[Si](C)(C)CCOCN(COCC[Si](C)(C)C)c1c(CN)c(C2CCS(=O)(=O)CC2)nc2c(-c3ccc(-c4ccccc4)nc3)cnn12. The van der Waals surface area contributed by atoms with Crippen molar-refractivity contribution in [3.05, 3.63) is 66.1 Å². The van der Waals surface area contributed by atoms with Gasteiger partial charge in [0.05, 0.1) is 29.1 Å². The maximum atomic E-state index is 12.4. The number of sulfone groups is 1. The van der Waals surface area contributed by atoms with E-state index in [0.717, 1.165) is 51.5 Å². The second kappa shape index (κ2) is 15.3. The van der Waals surface area contributed by atoms with E-state index in [0.29, 0.717) is 45.2 Å². The first-order valence-electron chi connectivity index (χ1n) is 17.0. The summed E-state index contributed by atoms with van der Waals surface area (Å²) in [5.74, 6) is 1.03.